The average Bonchev–Trinajstić information content (AvgIpc) is 3.03. The standard InChI is InChI=1S/C12H19NO/c1-13-11(12(14)10-7-8-10)9-5-3-2-4-6-9/h7-11,13H,2-6H2,1H3/t11-/m0/s1. The lowest BCUT2D eigenvalue weighted by atomic mass is 9.81. The average molecular weight is 193 g/mol. The van der Waals surface area contributed by atoms with Crippen molar-refractivity contribution < 1.29 is 4.79 Å². The van der Waals surface area contributed by atoms with Crippen molar-refractivity contribution in [3.05, 3.63) is 12.2 Å². The fourth-order valence-corrected chi connectivity index (χ4v) is 2.53. The summed E-state index contributed by atoms with van der Waals surface area (Å²) in [6, 6.07) is 0.107. The van der Waals surface area contributed by atoms with Crippen LogP contribution in [0, 0.1) is 11.8 Å². The number of nitrogens with one attached hydrogen (secondary N) is 1. The van der Waals surface area contributed by atoms with Crippen molar-refractivity contribution in [2.24, 2.45) is 11.8 Å². The van der Waals surface area contributed by atoms with E-state index in [0.29, 0.717) is 11.7 Å². The summed E-state index contributed by atoms with van der Waals surface area (Å²) in [4.78, 5) is 11.9. The Morgan fingerprint density at radius 3 is 2.43 bits per heavy atom. The van der Waals surface area contributed by atoms with E-state index in [9.17, 15) is 4.79 Å². The van der Waals surface area contributed by atoms with Crippen molar-refractivity contribution in [3.63, 3.8) is 0 Å². The SMILES string of the molecule is CN[C@H](C(=O)C1C=C1)C1CCCCC1. The summed E-state index contributed by atoms with van der Waals surface area (Å²) in [5.41, 5.74) is 0. The first-order valence-electron chi connectivity index (χ1n) is 5.72. The van der Waals surface area contributed by atoms with E-state index < -0.39 is 0 Å². The Kier molecular flexibility index (Phi) is 3.02. The third-order valence-electron chi connectivity index (χ3n) is 3.45. The number of rotatable bonds is 4. The quantitative estimate of drug-likeness (QED) is 0.691. The summed E-state index contributed by atoms with van der Waals surface area (Å²) in [6.07, 6.45) is 10.4. The van der Waals surface area contributed by atoms with Gasteiger partial charge in [0.05, 0.1) is 12.0 Å². The lowest BCUT2D eigenvalue weighted by molar-refractivity contribution is -0.123. The molecule has 2 rings (SSSR count). The molecule has 0 saturated heterocycles. The molecule has 0 amide bonds. The molecule has 0 spiro atoms. The van der Waals surface area contributed by atoms with E-state index in [1.807, 2.05) is 19.2 Å². The van der Waals surface area contributed by atoms with Crippen LogP contribution < -0.4 is 5.32 Å². The van der Waals surface area contributed by atoms with Crippen LogP contribution in [-0.4, -0.2) is 18.9 Å². The summed E-state index contributed by atoms with van der Waals surface area (Å²) in [5.74, 6) is 1.14. The summed E-state index contributed by atoms with van der Waals surface area (Å²) in [5, 5.41) is 3.20. The molecule has 0 aromatic rings. The molecule has 1 fully saturated rings. The van der Waals surface area contributed by atoms with Crippen LogP contribution in [0.4, 0.5) is 0 Å². The molecular weight excluding hydrogens is 174 g/mol. The molecule has 0 unspecified atom stereocenters. The Balaban J connectivity index is 1.92. The van der Waals surface area contributed by atoms with Crippen molar-refractivity contribution in [3.8, 4) is 0 Å². The highest BCUT2D eigenvalue weighted by Gasteiger charge is 2.33. The van der Waals surface area contributed by atoms with Gasteiger partial charge in [-0.15, -0.1) is 0 Å². The Bertz CT molecular complexity index is 235. The molecule has 0 aromatic carbocycles. The molecule has 2 aliphatic carbocycles. The van der Waals surface area contributed by atoms with E-state index in [1.54, 1.807) is 0 Å². The van der Waals surface area contributed by atoms with E-state index in [-0.39, 0.29) is 12.0 Å². The van der Waals surface area contributed by atoms with Crippen molar-refractivity contribution >= 4 is 5.78 Å². The minimum Gasteiger partial charge on any atom is -0.310 e. The lowest BCUT2D eigenvalue weighted by Crippen LogP contribution is -2.42. The largest absolute Gasteiger partial charge is 0.310 e. The maximum atomic E-state index is 11.9. The van der Waals surface area contributed by atoms with Crippen LogP contribution in [0.1, 0.15) is 32.1 Å². The molecule has 2 heteroatoms. The predicted octanol–water partition coefficient (Wildman–Crippen LogP) is 1.91. The van der Waals surface area contributed by atoms with Crippen molar-refractivity contribution in [2.75, 3.05) is 7.05 Å². The Labute approximate surface area is 85.8 Å². The molecule has 1 atom stereocenters. The molecule has 2 nitrogen and oxygen atoms in total. The maximum absolute atomic E-state index is 11.9. The number of likely N-dealkylation sites (N-methyl/N-ethyl adjacent to an activating group) is 1. The zero-order chi connectivity index (χ0) is 9.97. The van der Waals surface area contributed by atoms with Gasteiger partial charge in [0, 0.05) is 0 Å². The third-order valence-corrected chi connectivity index (χ3v) is 3.45. The first kappa shape index (κ1) is 9.91. The summed E-state index contributed by atoms with van der Waals surface area (Å²) < 4.78 is 0. The third kappa shape index (κ3) is 2.06. The molecule has 0 aromatic heterocycles. The van der Waals surface area contributed by atoms with Gasteiger partial charge in [-0.2, -0.15) is 0 Å². The van der Waals surface area contributed by atoms with Gasteiger partial charge in [-0.25, -0.2) is 0 Å². The Morgan fingerprint density at radius 2 is 1.93 bits per heavy atom. The number of hydrogen-bond donors (Lipinski definition) is 1. The van der Waals surface area contributed by atoms with E-state index in [0.717, 1.165) is 0 Å². The van der Waals surface area contributed by atoms with Crippen LogP contribution in [-0.2, 0) is 4.79 Å². The highest BCUT2D eigenvalue weighted by molar-refractivity contribution is 5.92. The van der Waals surface area contributed by atoms with Gasteiger partial charge in [0.25, 0.3) is 0 Å². The van der Waals surface area contributed by atoms with Crippen LogP contribution in [0.2, 0.25) is 0 Å². The highest BCUT2D eigenvalue weighted by atomic mass is 16.1. The number of hydrogen-bond acceptors (Lipinski definition) is 2. The first-order chi connectivity index (χ1) is 6.83. The second kappa shape index (κ2) is 4.26. The molecule has 0 bridgehead atoms. The van der Waals surface area contributed by atoms with Crippen LogP contribution >= 0.6 is 0 Å². The number of carbonyl (C=O) groups is 1. The fourth-order valence-electron chi connectivity index (χ4n) is 2.53. The molecule has 2 aliphatic rings. The van der Waals surface area contributed by atoms with Crippen molar-refractivity contribution in [1.82, 2.24) is 5.32 Å². The molecule has 0 radical (unpaired) electrons. The van der Waals surface area contributed by atoms with Gasteiger partial charge in [0.2, 0.25) is 0 Å². The molecule has 1 saturated carbocycles. The topological polar surface area (TPSA) is 29.1 Å². The zero-order valence-electron chi connectivity index (χ0n) is 8.83. The van der Waals surface area contributed by atoms with E-state index >= 15 is 0 Å². The number of carbonyl (C=O) groups excluding carboxylic acids is 1. The highest BCUT2D eigenvalue weighted by Crippen LogP contribution is 2.30. The van der Waals surface area contributed by atoms with Gasteiger partial charge < -0.3 is 5.32 Å². The van der Waals surface area contributed by atoms with Gasteiger partial charge in [-0.05, 0) is 25.8 Å². The van der Waals surface area contributed by atoms with Crippen LogP contribution in [0.25, 0.3) is 0 Å². The normalized spacial score (nSPS) is 24.9. The van der Waals surface area contributed by atoms with Crippen molar-refractivity contribution in [2.45, 2.75) is 38.1 Å². The molecular formula is C12H19NO. The zero-order valence-corrected chi connectivity index (χ0v) is 8.83. The maximum Gasteiger partial charge on any atom is 0.160 e. The number of allylic oxidation sites excluding steroid dienone is 2. The smallest absolute Gasteiger partial charge is 0.160 e. The van der Waals surface area contributed by atoms with Gasteiger partial charge in [0.15, 0.2) is 5.78 Å². The second-order valence-corrected chi connectivity index (χ2v) is 4.48. The monoisotopic (exact) mass is 193 g/mol. The summed E-state index contributed by atoms with van der Waals surface area (Å²) in [6.45, 7) is 0. The summed E-state index contributed by atoms with van der Waals surface area (Å²) in [7, 11) is 1.92. The van der Waals surface area contributed by atoms with Gasteiger partial charge in [0.1, 0.15) is 0 Å². The van der Waals surface area contributed by atoms with E-state index in [4.69, 9.17) is 0 Å². The van der Waals surface area contributed by atoms with Crippen LogP contribution in [0.15, 0.2) is 12.2 Å². The Morgan fingerprint density at radius 1 is 1.29 bits per heavy atom. The molecule has 0 aliphatic heterocycles. The number of ketones is 1. The van der Waals surface area contributed by atoms with Crippen LogP contribution in [0.3, 0.4) is 0 Å². The van der Waals surface area contributed by atoms with E-state index in [2.05, 4.69) is 5.32 Å². The Hall–Kier alpha value is -0.630. The minimum atomic E-state index is 0.107. The van der Waals surface area contributed by atoms with Gasteiger partial charge in [-0.1, -0.05) is 31.4 Å². The molecule has 1 N–H and O–H groups in total. The molecule has 0 heterocycles. The molecule has 14 heavy (non-hydrogen) atoms. The minimum absolute atomic E-state index is 0.107. The summed E-state index contributed by atoms with van der Waals surface area (Å²) >= 11 is 0. The number of Topliss-reactive ketones (excluding diaryl/α,β-unsaturated/α-hetero) is 1. The van der Waals surface area contributed by atoms with Crippen LogP contribution in [0.5, 0.6) is 0 Å². The fraction of sp³-hybridized carbons (Fsp3) is 0.750. The van der Waals surface area contributed by atoms with Gasteiger partial charge >= 0.3 is 0 Å². The van der Waals surface area contributed by atoms with E-state index in [1.165, 1.54) is 32.1 Å². The lowest BCUT2D eigenvalue weighted by Gasteiger charge is -2.29. The van der Waals surface area contributed by atoms with Gasteiger partial charge in [-0.3, -0.25) is 4.79 Å². The van der Waals surface area contributed by atoms with Crippen molar-refractivity contribution in [1.29, 1.82) is 0 Å². The predicted molar refractivity (Wildman–Crippen MR) is 57.1 cm³/mol. The second-order valence-electron chi connectivity index (χ2n) is 4.48. The first-order valence-corrected chi connectivity index (χ1v) is 5.72. The molecule has 78 valence electrons.